The van der Waals surface area contributed by atoms with E-state index >= 15 is 0 Å². The van der Waals surface area contributed by atoms with Gasteiger partial charge >= 0.3 is 0 Å². The first-order valence-electron chi connectivity index (χ1n) is 10.9. The van der Waals surface area contributed by atoms with Gasteiger partial charge in [0.2, 0.25) is 0 Å². The van der Waals surface area contributed by atoms with Crippen LogP contribution in [0.5, 0.6) is 11.5 Å². The molecule has 1 saturated heterocycles. The van der Waals surface area contributed by atoms with Gasteiger partial charge in [-0.3, -0.25) is 4.79 Å². The lowest BCUT2D eigenvalue weighted by Crippen LogP contribution is -2.40. The molecule has 0 saturated carbocycles. The van der Waals surface area contributed by atoms with Crippen molar-refractivity contribution in [3.63, 3.8) is 0 Å². The number of aliphatic hydroxyl groups is 2. The summed E-state index contributed by atoms with van der Waals surface area (Å²) in [5, 5.41) is 20.3. The van der Waals surface area contributed by atoms with Crippen LogP contribution < -0.4 is 9.47 Å². The summed E-state index contributed by atoms with van der Waals surface area (Å²) in [6.45, 7) is 5.92. The first kappa shape index (κ1) is 24.6. The van der Waals surface area contributed by atoms with Crippen LogP contribution in [0.3, 0.4) is 0 Å². The number of ether oxygens (including phenoxy) is 2. The predicted octanol–water partition coefficient (Wildman–Crippen LogP) is 2.96. The maximum atomic E-state index is 13.0. The van der Waals surface area contributed by atoms with Crippen molar-refractivity contribution in [1.29, 1.82) is 0 Å². The van der Waals surface area contributed by atoms with Gasteiger partial charge in [-0.25, -0.2) is 4.39 Å². The number of carbonyl (C=O) groups excluding carboxylic acids is 1. The van der Waals surface area contributed by atoms with E-state index in [1.165, 1.54) is 19.1 Å². The molecule has 1 aliphatic rings. The largest absolute Gasteiger partial charge is 0.493 e. The molecule has 4 unspecified atom stereocenters. The Bertz CT molecular complexity index is 1040. The van der Waals surface area contributed by atoms with E-state index in [1.807, 2.05) is 19.1 Å². The summed E-state index contributed by atoms with van der Waals surface area (Å²) in [6.07, 6.45) is -1.78. The second kappa shape index (κ2) is 10.2. The Morgan fingerprint density at radius 2 is 1.91 bits per heavy atom. The average molecular weight is 456 g/mol. The van der Waals surface area contributed by atoms with Crippen LogP contribution in [0, 0.1) is 23.1 Å². The van der Waals surface area contributed by atoms with Crippen LogP contribution in [0.15, 0.2) is 42.5 Å². The van der Waals surface area contributed by atoms with E-state index in [2.05, 4.69) is 11.8 Å². The van der Waals surface area contributed by atoms with Gasteiger partial charge in [-0.2, -0.15) is 0 Å². The lowest BCUT2D eigenvalue weighted by molar-refractivity contribution is -0.138. The Morgan fingerprint density at radius 3 is 2.52 bits per heavy atom. The number of hydrogen-bond donors (Lipinski definition) is 2. The maximum Gasteiger partial charge on any atom is 0.251 e. The van der Waals surface area contributed by atoms with Crippen molar-refractivity contribution in [1.82, 2.24) is 4.90 Å². The molecule has 0 bridgehead atoms. The normalized spacial score (nSPS) is 21.7. The first-order valence-corrected chi connectivity index (χ1v) is 10.9. The maximum absolute atomic E-state index is 13.0. The standard InChI is InChI=1S/C26H30FNO5/c1-17(29)25(31)28-15-22(26(3,16-28)18(2)30)20-9-12-23(32-4)24(14-20)33-13-5-6-19-7-10-21(27)11-8-19/h7-12,14,17-18,22,29-30H,13,15-16H2,1-4H3. The second-order valence-electron chi connectivity index (χ2n) is 8.64. The first-order chi connectivity index (χ1) is 15.7. The van der Waals surface area contributed by atoms with Gasteiger partial charge in [-0.1, -0.05) is 24.8 Å². The van der Waals surface area contributed by atoms with Crippen LogP contribution in [0.25, 0.3) is 0 Å². The Labute approximate surface area is 193 Å². The fourth-order valence-electron chi connectivity index (χ4n) is 4.16. The van der Waals surface area contributed by atoms with E-state index in [0.29, 0.717) is 30.2 Å². The van der Waals surface area contributed by atoms with Gasteiger partial charge in [0.05, 0.1) is 13.2 Å². The van der Waals surface area contributed by atoms with Gasteiger partial charge in [0.1, 0.15) is 18.5 Å². The molecule has 1 fully saturated rings. The molecule has 0 aliphatic carbocycles. The lowest BCUT2D eigenvalue weighted by Gasteiger charge is -2.33. The summed E-state index contributed by atoms with van der Waals surface area (Å²) in [5.74, 6) is 6.03. The zero-order valence-corrected chi connectivity index (χ0v) is 19.3. The molecular formula is C26H30FNO5. The van der Waals surface area contributed by atoms with Crippen molar-refractivity contribution in [2.24, 2.45) is 5.41 Å². The number of benzene rings is 2. The quantitative estimate of drug-likeness (QED) is 0.655. The zero-order valence-electron chi connectivity index (χ0n) is 19.3. The Hall–Kier alpha value is -3.08. The molecule has 0 radical (unpaired) electrons. The third-order valence-electron chi connectivity index (χ3n) is 6.32. The minimum absolute atomic E-state index is 0.0994. The van der Waals surface area contributed by atoms with Crippen molar-refractivity contribution in [2.45, 2.75) is 38.9 Å². The summed E-state index contributed by atoms with van der Waals surface area (Å²) in [6, 6.07) is 11.4. The third-order valence-corrected chi connectivity index (χ3v) is 6.32. The van der Waals surface area contributed by atoms with Gasteiger partial charge in [-0.05, 0) is 55.8 Å². The van der Waals surface area contributed by atoms with Crippen LogP contribution in [0.2, 0.25) is 0 Å². The molecule has 1 heterocycles. The summed E-state index contributed by atoms with van der Waals surface area (Å²) < 4.78 is 24.3. The molecule has 7 heteroatoms. The third kappa shape index (κ3) is 5.47. The van der Waals surface area contributed by atoms with E-state index in [-0.39, 0.29) is 24.2 Å². The molecule has 3 rings (SSSR count). The molecule has 2 N–H and O–H groups in total. The van der Waals surface area contributed by atoms with Gasteiger partial charge in [0, 0.05) is 30.0 Å². The van der Waals surface area contributed by atoms with E-state index in [4.69, 9.17) is 9.47 Å². The smallest absolute Gasteiger partial charge is 0.251 e. The van der Waals surface area contributed by atoms with Crippen molar-refractivity contribution in [3.05, 3.63) is 59.4 Å². The van der Waals surface area contributed by atoms with E-state index in [0.717, 1.165) is 5.56 Å². The van der Waals surface area contributed by atoms with Crippen molar-refractivity contribution >= 4 is 5.91 Å². The number of amides is 1. The van der Waals surface area contributed by atoms with Crippen LogP contribution in [0.4, 0.5) is 4.39 Å². The molecular weight excluding hydrogens is 425 g/mol. The van der Waals surface area contributed by atoms with Crippen LogP contribution in [-0.2, 0) is 4.79 Å². The van der Waals surface area contributed by atoms with E-state index < -0.39 is 17.6 Å². The fourth-order valence-corrected chi connectivity index (χ4v) is 4.16. The van der Waals surface area contributed by atoms with Crippen molar-refractivity contribution in [2.75, 3.05) is 26.8 Å². The SMILES string of the molecule is COc1ccc(C2CN(C(=O)C(C)O)CC2(C)C(C)O)cc1OCC#Cc1ccc(F)cc1. The minimum Gasteiger partial charge on any atom is -0.493 e. The van der Waals surface area contributed by atoms with E-state index in [1.54, 1.807) is 37.1 Å². The molecule has 4 atom stereocenters. The molecule has 1 amide bonds. The number of halogens is 1. The highest BCUT2D eigenvalue weighted by atomic mass is 19.1. The molecule has 0 spiro atoms. The molecule has 2 aromatic rings. The summed E-state index contributed by atoms with van der Waals surface area (Å²) in [5.41, 5.74) is 0.975. The number of carbonyl (C=O) groups is 1. The number of aliphatic hydroxyl groups excluding tert-OH is 2. The Morgan fingerprint density at radius 1 is 1.21 bits per heavy atom. The van der Waals surface area contributed by atoms with Gasteiger partial charge in [0.15, 0.2) is 11.5 Å². The number of rotatable bonds is 6. The highest BCUT2D eigenvalue weighted by molar-refractivity contribution is 5.80. The summed E-state index contributed by atoms with van der Waals surface area (Å²) in [4.78, 5) is 14.0. The fraction of sp³-hybridized carbons (Fsp3) is 0.423. The summed E-state index contributed by atoms with van der Waals surface area (Å²) in [7, 11) is 1.55. The van der Waals surface area contributed by atoms with Crippen LogP contribution >= 0.6 is 0 Å². The second-order valence-corrected chi connectivity index (χ2v) is 8.64. The van der Waals surface area contributed by atoms with Crippen molar-refractivity contribution < 1.29 is 28.9 Å². The molecule has 0 aromatic heterocycles. The lowest BCUT2D eigenvalue weighted by atomic mass is 9.72. The number of nitrogens with zero attached hydrogens (tertiary/aromatic N) is 1. The van der Waals surface area contributed by atoms with Crippen molar-refractivity contribution in [3.8, 4) is 23.3 Å². The number of likely N-dealkylation sites (tertiary alicyclic amines) is 1. The van der Waals surface area contributed by atoms with Gasteiger partial charge < -0.3 is 24.6 Å². The number of hydrogen-bond acceptors (Lipinski definition) is 5. The molecule has 6 nitrogen and oxygen atoms in total. The molecule has 2 aromatic carbocycles. The van der Waals surface area contributed by atoms with Crippen LogP contribution in [-0.4, -0.2) is 60.0 Å². The topological polar surface area (TPSA) is 79.2 Å². The summed E-state index contributed by atoms with van der Waals surface area (Å²) >= 11 is 0. The van der Waals surface area contributed by atoms with Crippen LogP contribution in [0.1, 0.15) is 37.8 Å². The molecule has 176 valence electrons. The van der Waals surface area contributed by atoms with Gasteiger partial charge in [0.25, 0.3) is 5.91 Å². The zero-order chi connectivity index (χ0) is 24.2. The van der Waals surface area contributed by atoms with Gasteiger partial charge in [-0.15, -0.1) is 0 Å². The van der Waals surface area contributed by atoms with E-state index in [9.17, 15) is 19.4 Å². The minimum atomic E-state index is -1.10. The highest BCUT2D eigenvalue weighted by Gasteiger charge is 2.48. The average Bonchev–Trinajstić information content (AvgIpc) is 3.16. The predicted molar refractivity (Wildman–Crippen MR) is 123 cm³/mol. The Balaban J connectivity index is 1.82. The monoisotopic (exact) mass is 455 g/mol. The molecule has 33 heavy (non-hydrogen) atoms. The molecule has 1 aliphatic heterocycles. The number of methoxy groups -OCH3 is 1. The highest BCUT2D eigenvalue weighted by Crippen LogP contribution is 2.47. The Kier molecular flexibility index (Phi) is 7.62.